The molecule has 0 spiro atoms. The van der Waals surface area contributed by atoms with Crippen molar-refractivity contribution in [3.8, 4) is 0 Å². The Morgan fingerprint density at radius 2 is 2.17 bits per heavy atom. The Labute approximate surface area is 140 Å². The van der Waals surface area contributed by atoms with Crippen LogP contribution in [0.15, 0.2) is 23.7 Å². The Bertz CT molecular complexity index is 677. The van der Waals surface area contributed by atoms with Crippen molar-refractivity contribution in [3.63, 3.8) is 0 Å². The van der Waals surface area contributed by atoms with Gasteiger partial charge in [0.25, 0.3) is 5.91 Å². The number of nitrogens with one attached hydrogen (secondary N) is 1. The van der Waals surface area contributed by atoms with Crippen LogP contribution in [0.1, 0.15) is 31.1 Å². The van der Waals surface area contributed by atoms with Gasteiger partial charge in [-0.3, -0.25) is 9.69 Å². The van der Waals surface area contributed by atoms with Crippen LogP contribution in [0.3, 0.4) is 0 Å². The summed E-state index contributed by atoms with van der Waals surface area (Å²) in [5.41, 5.74) is 3.43. The molecule has 6 heteroatoms. The maximum atomic E-state index is 12.4. The SMILES string of the molecule is C[C@@H]1CN([C@@H](C)CNC(=O)c2ccc3ncsc3c2)C[C@@H](C)O1. The molecule has 1 aromatic heterocycles. The summed E-state index contributed by atoms with van der Waals surface area (Å²) in [4.78, 5) is 19.0. The third-order valence-electron chi connectivity index (χ3n) is 4.22. The largest absolute Gasteiger partial charge is 0.373 e. The quantitative estimate of drug-likeness (QED) is 0.934. The molecule has 1 saturated heterocycles. The lowest BCUT2D eigenvalue weighted by molar-refractivity contribution is -0.0778. The second kappa shape index (κ2) is 6.95. The number of benzene rings is 1. The lowest BCUT2D eigenvalue weighted by Crippen LogP contribution is -2.52. The van der Waals surface area contributed by atoms with E-state index in [4.69, 9.17) is 4.74 Å². The number of carbonyl (C=O) groups is 1. The summed E-state index contributed by atoms with van der Waals surface area (Å²) in [6, 6.07) is 5.93. The Morgan fingerprint density at radius 3 is 2.91 bits per heavy atom. The van der Waals surface area contributed by atoms with Crippen LogP contribution in [0.25, 0.3) is 10.2 Å². The average molecular weight is 333 g/mol. The molecule has 5 nitrogen and oxygen atoms in total. The van der Waals surface area contributed by atoms with E-state index in [1.807, 2.05) is 18.2 Å². The summed E-state index contributed by atoms with van der Waals surface area (Å²) in [6.07, 6.45) is 0.483. The van der Waals surface area contributed by atoms with Gasteiger partial charge in [-0.15, -0.1) is 11.3 Å². The van der Waals surface area contributed by atoms with E-state index >= 15 is 0 Å². The molecule has 3 rings (SSSR count). The maximum absolute atomic E-state index is 12.4. The number of hydrogen-bond acceptors (Lipinski definition) is 5. The molecule has 0 bridgehead atoms. The minimum Gasteiger partial charge on any atom is -0.373 e. The molecule has 1 amide bonds. The van der Waals surface area contributed by atoms with Gasteiger partial charge in [0.2, 0.25) is 0 Å². The fraction of sp³-hybridized carbons (Fsp3) is 0.529. The molecule has 1 aromatic carbocycles. The number of amides is 1. The standard InChI is InChI=1S/C17H23N3O2S/c1-11(20-8-12(2)22-13(3)9-20)7-18-17(21)14-4-5-15-16(6-14)23-10-19-15/h4-6,10-13H,7-9H2,1-3H3,(H,18,21)/t11-,12+,13+/m0/s1. The fourth-order valence-corrected chi connectivity index (χ4v) is 3.76. The van der Waals surface area contributed by atoms with Crippen LogP contribution >= 0.6 is 11.3 Å². The van der Waals surface area contributed by atoms with Crippen LogP contribution in [0.4, 0.5) is 0 Å². The first-order valence-electron chi connectivity index (χ1n) is 8.04. The molecule has 23 heavy (non-hydrogen) atoms. The third-order valence-corrected chi connectivity index (χ3v) is 5.01. The Hall–Kier alpha value is -1.50. The van der Waals surface area contributed by atoms with E-state index < -0.39 is 0 Å². The number of nitrogens with zero attached hydrogens (tertiary/aromatic N) is 2. The predicted octanol–water partition coefficient (Wildman–Crippen LogP) is 2.52. The summed E-state index contributed by atoms with van der Waals surface area (Å²) in [6.45, 7) is 8.80. The molecule has 2 aromatic rings. The highest BCUT2D eigenvalue weighted by atomic mass is 32.1. The number of rotatable bonds is 4. The van der Waals surface area contributed by atoms with Crippen molar-refractivity contribution in [2.45, 2.75) is 39.0 Å². The highest BCUT2D eigenvalue weighted by molar-refractivity contribution is 7.16. The molecule has 1 N–H and O–H groups in total. The second-order valence-corrected chi connectivity index (χ2v) is 7.19. The van der Waals surface area contributed by atoms with Crippen LogP contribution < -0.4 is 5.32 Å². The molecule has 0 radical (unpaired) electrons. The summed E-state index contributed by atoms with van der Waals surface area (Å²) >= 11 is 1.55. The lowest BCUT2D eigenvalue weighted by atomic mass is 10.1. The first kappa shape index (κ1) is 16.4. The lowest BCUT2D eigenvalue weighted by Gasteiger charge is -2.39. The molecule has 124 valence electrons. The molecule has 3 atom stereocenters. The van der Waals surface area contributed by atoms with Gasteiger partial charge in [-0.25, -0.2) is 4.98 Å². The molecule has 0 aliphatic carbocycles. The number of aromatic nitrogens is 1. The van der Waals surface area contributed by atoms with Crippen molar-refractivity contribution < 1.29 is 9.53 Å². The van der Waals surface area contributed by atoms with Crippen molar-refractivity contribution in [2.75, 3.05) is 19.6 Å². The zero-order valence-electron chi connectivity index (χ0n) is 13.8. The van der Waals surface area contributed by atoms with E-state index in [-0.39, 0.29) is 18.1 Å². The van der Waals surface area contributed by atoms with Crippen LogP contribution in [-0.2, 0) is 4.74 Å². The first-order chi connectivity index (χ1) is 11.0. The molecule has 1 aliphatic rings. The van der Waals surface area contributed by atoms with Gasteiger partial charge in [0.1, 0.15) is 0 Å². The number of fused-ring (bicyclic) bond motifs is 1. The molecule has 0 unspecified atom stereocenters. The van der Waals surface area contributed by atoms with E-state index in [0.29, 0.717) is 18.2 Å². The molecule has 2 heterocycles. The minimum absolute atomic E-state index is 0.0264. The fourth-order valence-electron chi connectivity index (χ4n) is 3.05. The van der Waals surface area contributed by atoms with E-state index in [1.54, 1.807) is 16.8 Å². The highest BCUT2D eigenvalue weighted by Crippen LogP contribution is 2.19. The molecular weight excluding hydrogens is 310 g/mol. The van der Waals surface area contributed by atoms with E-state index in [1.165, 1.54) is 0 Å². The Kier molecular flexibility index (Phi) is 4.94. The van der Waals surface area contributed by atoms with Crippen molar-refractivity contribution in [1.29, 1.82) is 0 Å². The van der Waals surface area contributed by atoms with Crippen LogP contribution in [0.5, 0.6) is 0 Å². The summed E-state index contributed by atoms with van der Waals surface area (Å²) in [7, 11) is 0. The number of carbonyl (C=O) groups excluding carboxylic acids is 1. The van der Waals surface area contributed by atoms with Gasteiger partial charge in [-0.05, 0) is 39.0 Å². The number of morpholine rings is 1. The van der Waals surface area contributed by atoms with Gasteiger partial charge >= 0.3 is 0 Å². The van der Waals surface area contributed by atoms with E-state index in [0.717, 1.165) is 23.3 Å². The average Bonchev–Trinajstić information content (AvgIpc) is 2.98. The van der Waals surface area contributed by atoms with Gasteiger partial charge in [0, 0.05) is 31.2 Å². The molecule has 1 fully saturated rings. The Morgan fingerprint density at radius 1 is 1.43 bits per heavy atom. The van der Waals surface area contributed by atoms with Crippen LogP contribution in [0, 0.1) is 0 Å². The minimum atomic E-state index is -0.0264. The number of thiazole rings is 1. The maximum Gasteiger partial charge on any atom is 0.251 e. The summed E-state index contributed by atoms with van der Waals surface area (Å²) in [5, 5.41) is 3.05. The topological polar surface area (TPSA) is 54.5 Å². The zero-order chi connectivity index (χ0) is 16.4. The van der Waals surface area contributed by atoms with Crippen molar-refractivity contribution in [3.05, 3.63) is 29.3 Å². The first-order valence-corrected chi connectivity index (χ1v) is 8.92. The molecule has 0 saturated carbocycles. The van der Waals surface area contributed by atoms with Crippen molar-refractivity contribution in [2.24, 2.45) is 0 Å². The molecule has 1 aliphatic heterocycles. The van der Waals surface area contributed by atoms with Crippen molar-refractivity contribution >= 4 is 27.5 Å². The van der Waals surface area contributed by atoms with Crippen molar-refractivity contribution in [1.82, 2.24) is 15.2 Å². The Balaban J connectivity index is 1.57. The second-order valence-electron chi connectivity index (χ2n) is 6.31. The van der Waals surface area contributed by atoms with Gasteiger partial charge < -0.3 is 10.1 Å². The zero-order valence-corrected chi connectivity index (χ0v) is 14.6. The smallest absolute Gasteiger partial charge is 0.251 e. The predicted molar refractivity (Wildman–Crippen MR) is 93.0 cm³/mol. The van der Waals surface area contributed by atoms with Gasteiger partial charge in [-0.2, -0.15) is 0 Å². The monoisotopic (exact) mass is 333 g/mol. The summed E-state index contributed by atoms with van der Waals surface area (Å²) in [5.74, 6) is -0.0264. The highest BCUT2D eigenvalue weighted by Gasteiger charge is 2.25. The number of ether oxygens (including phenoxy) is 1. The van der Waals surface area contributed by atoms with Gasteiger partial charge in [0.15, 0.2) is 0 Å². The van der Waals surface area contributed by atoms with E-state index in [2.05, 4.69) is 36.0 Å². The molecular formula is C17H23N3O2S. The van der Waals surface area contributed by atoms with Crippen LogP contribution in [-0.4, -0.2) is 53.7 Å². The van der Waals surface area contributed by atoms with Gasteiger partial charge in [-0.1, -0.05) is 0 Å². The third kappa shape index (κ3) is 3.88. The van der Waals surface area contributed by atoms with Crippen LogP contribution in [0.2, 0.25) is 0 Å². The number of hydrogen-bond donors (Lipinski definition) is 1. The van der Waals surface area contributed by atoms with E-state index in [9.17, 15) is 4.79 Å². The summed E-state index contributed by atoms with van der Waals surface area (Å²) < 4.78 is 6.80. The normalized spacial score (nSPS) is 23.8. The van der Waals surface area contributed by atoms with Gasteiger partial charge in [0.05, 0.1) is 27.9 Å².